The molecule has 0 bridgehead atoms. The van der Waals surface area contributed by atoms with Crippen LogP contribution in [0.15, 0.2) is 18.3 Å². The van der Waals surface area contributed by atoms with E-state index < -0.39 is 0 Å². The molecule has 1 atom stereocenters. The molecule has 1 spiro atoms. The van der Waals surface area contributed by atoms with Crippen molar-refractivity contribution in [2.75, 3.05) is 19.6 Å². The number of piperidine rings is 1. The van der Waals surface area contributed by atoms with Crippen LogP contribution in [0, 0.1) is 5.92 Å². The van der Waals surface area contributed by atoms with Crippen LogP contribution in [0.3, 0.4) is 0 Å². The van der Waals surface area contributed by atoms with Gasteiger partial charge in [-0.1, -0.05) is 0 Å². The third kappa shape index (κ3) is 3.45. The van der Waals surface area contributed by atoms with Gasteiger partial charge < -0.3 is 19.5 Å². The summed E-state index contributed by atoms with van der Waals surface area (Å²) in [6.45, 7) is 2.19. The summed E-state index contributed by atoms with van der Waals surface area (Å²) in [6, 6.07) is 3.75. The molecule has 0 radical (unpaired) electrons. The van der Waals surface area contributed by atoms with E-state index in [-0.39, 0.29) is 23.5 Å². The number of carbonyl (C=O) groups is 2. The maximum absolute atomic E-state index is 12.6. The largest absolute Gasteiger partial charge is 0.362 e. The lowest BCUT2D eigenvalue weighted by molar-refractivity contribution is -0.140. The fourth-order valence-electron chi connectivity index (χ4n) is 4.01. The van der Waals surface area contributed by atoms with Crippen LogP contribution in [0.1, 0.15) is 49.0 Å². The molecule has 3 fully saturated rings. The van der Waals surface area contributed by atoms with Crippen molar-refractivity contribution < 1.29 is 14.3 Å². The summed E-state index contributed by atoms with van der Waals surface area (Å²) >= 11 is 0. The van der Waals surface area contributed by atoms with E-state index in [1.165, 1.54) is 12.8 Å². The molecule has 6 heteroatoms. The fraction of sp³-hybridized carbons (Fsp3) is 0.684. The van der Waals surface area contributed by atoms with Gasteiger partial charge in [0.25, 0.3) is 5.91 Å². The highest BCUT2D eigenvalue weighted by molar-refractivity contribution is 5.92. The van der Waals surface area contributed by atoms with Gasteiger partial charge in [-0.05, 0) is 56.6 Å². The van der Waals surface area contributed by atoms with Crippen molar-refractivity contribution in [1.29, 1.82) is 0 Å². The molecule has 25 heavy (non-hydrogen) atoms. The maximum atomic E-state index is 12.6. The highest BCUT2D eigenvalue weighted by Gasteiger charge is 2.45. The predicted molar refractivity (Wildman–Crippen MR) is 93.1 cm³/mol. The first-order valence-electron chi connectivity index (χ1n) is 9.42. The molecule has 2 amide bonds. The van der Waals surface area contributed by atoms with E-state index in [0.29, 0.717) is 19.0 Å². The minimum atomic E-state index is -0.311. The number of carbonyl (C=O) groups excluding carboxylic acids is 2. The summed E-state index contributed by atoms with van der Waals surface area (Å²) in [5, 5.41) is 3.03. The van der Waals surface area contributed by atoms with Gasteiger partial charge in [0.05, 0.1) is 5.60 Å². The van der Waals surface area contributed by atoms with E-state index in [2.05, 4.69) is 5.32 Å². The molecular formula is C19H27N3O3. The molecule has 3 aliphatic rings. The number of amides is 2. The van der Waals surface area contributed by atoms with Crippen LogP contribution in [0.25, 0.3) is 0 Å². The summed E-state index contributed by atoms with van der Waals surface area (Å²) in [6.07, 6.45) is 7.40. The van der Waals surface area contributed by atoms with E-state index in [1.54, 1.807) is 0 Å². The second-order valence-electron chi connectivity index (χ2n) is 7.81. The average molecular weight is 345 g/mol. The standard InChI is InChI=1S/C19H27N3O3/c1-21-10-2-3-15(21)18(24)22-11-8-19(9-12-22)7-6-16(25-19)17(23)20-13-14-4-5-14/h2-3,10,14,16H,4-9,11-13H2,1H3,(H,20,23). The molecule has 1 N–H and O–H groups in total. The van der Waals surface area contributed by atoms with E-state index in [9.17, 15) is 9.59 Å². The Hall–Kier alpha value is -1.82. The lowest BCUT2D eigenvalue weighted by atomic mass is 9.88. The molecule has 6 nitrogen and oxygen atoms in total. The summed E-state index contributed by atoms with van der Waals surface area (Å²) in [7, 11) is 1.89. The quantitative estimate of drug-likeness (QED) is 0.903. The number of ether oxygens (including phenoxy) is 1. The van der Waals surface area contributed by atoms with Crippen LogP contribution in [-0.4, -0.2) is 52.6 Å². The van der Waals surface area contributed by atoms with Crippen LogP contribution in [-0.2, 0) is 16.6 Å². The van der Waals surface area contributed by atoms with Crippen molar-refractivity contribution in [2.24, 2.45) is 13.0 Å². The van der Waals surface area contributed by atoms with Gasteiger partial charge in [0.2, 0.25) is 5.91 Å². The van der Waals surface area contributed by atoms with E-state index >= 15 is 0 Å². The van der Waals surface area contributed by atoms with E-state index in [0.717, 1.165) is 37.9 Å². The Morgan fingerprint density at radius 1 is 1.24 bits per heavy atom. The van der Waals surface area contributed by atoms with Gasteiger partial charge in [-0.15, -0.1) is 0 Å². The summed E-state index contributed by atoms with van der Waals surface area (Å²) in [5.74, 6) is 0.816. The number of nitrogens with one attached hydrogen (secondary N) is 1. The molecule has 4 rings (SSSR count). The summed E-state index contributed by atoms with van der Waals surface area (Å²) in [4.78, 5) is 26.8. The maximum Gasteiger partial charge on any atom is 0.270 e. The topological polar surface area (TPSA) is 63.6 Å². The number of aryl methyl sites for hydroxylation is 1. The zero-order chi connectivity index (χ0) is 17.4. The lowest BCUT2D eigenvalue weighted by Crippen LogP contribution is -2.48. The first kappa shape index (κ1) is 16.6. The molecule has 1 saturated carbocycles. The number of aromatic nitrogens is 1. The monoisotopic (exact) mass is 345 g/mol. The van der Waals surface area contributed by atoms with Crippen LogP contribution in [0.4, 0.5) is 0 Å². The molecule has 136 valence electrons. The number of rotatable bonds is 4. The summed E-state index contributed by atoms with van der Waals surface area (Å²) in [5.41, 5.74) is 0.507. The minimum absolute atomic E-state index is 0.0473. The van der Waals surface area contributed by atoms with Gasteiger partial charge in [-0.2, -0.15) is 0 Å². The molecule has 1 aromatic rings. The number of likely N-dealkylation sites (tertiary alicyclic amines) is 1. The van der Waals surface area contributed by atoms with Gasteiger partial charge >= 0.3 is 0 Å². The molecule has 2 saturated heterocycles. The normalized spacial score (nSPS) is 25.3. The molecule has 1 aliphatic carbocycles. The third-order valence-corrected chi connectivity index (χ3v) is 5.93. The number of hydrogen-bond donors (Lipinski definition) is 1. The molecule has 2 aliphatic heterocycles. The van der Waals surface area contributed by atoms with Crippen LogP contribution in [0.2, 0.25) is 0 Å². The zero-order valence-electron chi connectivity index (χ0n) is 14.9. The van der Waals surface area contributed by atoms with Crippen molar-refractivity contribution >= 4 is 11.8 Å². The Morgan fingerprint density at radius 2 is 2.00 bits per heavy atom. The van der Waals surface area contributed by atoms with Gasteiger partial charge in [0.15, 0.2) is 0 Å². The first-order chi connectivity index (χ1) is 12.1. The zero-order valence-corrected chi connectivity index (χ0v) is 14.9. The molecule has 1 unspecified atom stereocenters. The number of nitrogens with zero attached hydrogens (tertiary/aromatic N) is 2. The second kappa shape index (κ2) is 6.48. The second-order valence-corrected chi connectivity index (χ2v) is 7.81. The molecule has 3 heterocycles. The minimum Gasteiger partial charge on any atom is -0.362 e. The Kier molecular flexibility index (Phi) is 4.31. The average Bonchev–Trinajstić information content (AvgIpc) is 3.22. The molecule has 1 aromatic heterocycles. The van der Waals surface area contributed by atoms with Crippen molar-refractivity contribution in [3.05, 3.63) is 24.0 Å². The van der Waals surface area contributed by atoms with Crippen molar-refractivity contribution in [2.45, 2.75) is 50.2 Å². The van der Waals surface area contributed by atoms with Crippen molar-refractivity contribution in [3.8, 4) is 0 Å². The molecular weight excluding hydrogens is 318 g/mol. The van der Waals surface area contributed by atoms with Crippen molar-refractivity contribution in [1.82, 2.24) is 14.8 Å². The number of hydrogen-bond acceptors (Lipinski definition) is 3. The lowest BCUT2D eigenvalue weighted by Gasteiger charge is -2.39. The summed E-state index contributed by atoms with van der Waals surface area (Å²) < 4.78 is 8.05. The first-order valence-corrected chi connectivity index (χ1v) is 9.42. The SMILES string of the molecule is Cn1cccc1C(=O)N1CCC2(CCC(C(=O)NCC3CC3)O2)CC1. The van der Waals surface area contributed by atoms with Gasteiger partial charge in [0, 0.05) is 32.9 Å². The predicted octanol–water partition coefficient (Wildman–Crippen LogP) is 1.71. The van der Waals surface area contributed by atoms with Gasteiger partial charge in [-0.25, -0.2) is 0 Å². The highest BCUT2D eigenvalue weighted by atomic mass is 16.5. The van der Waals surface area contributed by atoms with Crippen LogP contribution < -0.4 is 5.32 Å². The Labute approximate surface area is 148 Å². The molecule has 0 aromatic carbocycles. The van der Waals surface area contributed by atoms with Crippen LogP contribution >= 0.6 is 0 Å². The fourth-order valence-corrected chi connectivity index (χ4v) is 4.01. The highest BCUT2D eigenvalue weighted by Crippen LogP contribution is 2.39. The smallest absolute Gasteiger partial charge is 0.270 e. The van der Waals surface area contributed by atoms with Crippen molar-refractivity contribution in [3.63, 3.8) is 0 Å². The van der Waals surface area contributed by atoms with Crippen LogP contribution in [0.5, 0.6) is 0 Å². The van der Waals surface area contributed by atoms with Gasteiger partial charge in [-0.3, -0.25) is 9.59 Å². The Morgan fingerprint density at radius 3 is 2.64 bits per heavy atom. The Balaban J connectivity index is 1.30. The van der Waals surface area contributed by atoms with E-state index in [1.807, 2.05) is 34.8 Å². The van der Waals surface area contributed by atoms with E-state index in [4.69, 9.17) is 4.74 Å². The Bertz CT molecular complexity index is 657. The third-order valence-electron chi connectivity index (χ3n) is 5.93. The van der Waals surface area contributed by atoms with Gasteiger partial charge in [0.1, 0.15) is 11.8 Å².